The van der Waals surface area contributed by atoms with Gasteiger partial charge >= 0.3 is 0 Å². The van der Waals surface area contributed by atoms with Crippen LogP contribution in [-0.4, -0.2) is 0 Å². The zero-order chi connectivity index (χ0) is 10.9. The van der Waals surface area contributed by atoms with E-state index < -0.39 is 0 Å². The molecule has 0 aromatic rings. The molecule has 0 aromatic heterocycles. The van der Waals surface area contributed by atoms with Crippen LogP contribution < -0.4 is 0 Å². The molecule has 0 heterocycles. The third kappa shape index (κ3) is 2.42. The molecule has 0 saturated carbocycles. The molecule has 0 saturated heterocycles. The van der Waals surface area contributed by atoms with Crippen LogP contribution in [-0.2, 0) is 0 Å². The standard InChI is InChI=1S/C15H22/c1-12-8-9-14(11-15(12,2)3)10-13-6-4-5-7-13/h6,8-9,11-12H,4-5,7,10H2,1-3H3. The second kappa shape index (κ2) is 4.00. The summed E-state index contributed by atoms with van der Waals surface area (Å²) in [4.78, 5) is 0. The molecule has 0 fully saturated rings. The molecule has 1 unspecified atom stereocenters. The zero-order valence-electron chi connectivity index (χ0n) is 10.2. The van der Waals surface area contributed by atoms with Crippen LogP contribution in [0.25, 0.3) is 0 Å². The molecule has 1 atom stereocenters. The summed E-state index contributed by atoms with van der Waals surface area (Å²) in [6.45, 7) is 6.98. The van der Waals surface area contributed by atoms with Gasteiger partial charge in [-0.15, -0.1) is 0 Å². The van der Waals surface area contributed by atoms with Gasteiger partial charge in [0.05, 0.1) is 0 Å². The zero-order valence-corrected chi connectivity index (χ0v) is 10.2. The van der Waals surface area contributed by atoms with Gasteiger partial charge in [-0.3, -0.25) is 0 Å². The Bertz CT molecular complexity index is 326. The molecule has 0 aliphatic heterocycles. The Morgan fingerprint density at radius 2 is 2.20 bits per heavy atom. The topological polar surface area (TPSA) is 0 Å². The highest BCUT2D eigenvalue weighted by Gasteiger charge is 2.24. The molecular formula is C15H22. The first-order valence-corrected chi connectivity index (χ1v) is 6.16. The van der Waals surface area contributed by atoms with Gasteiger partial charge in [-0.2, -0.15) is 0 Å². The minimum atomic E-state index is 0.337. The van der Waals surface area contributed by atoms with Crippen LogP contribution in [0.1, 0.15) is 46.5 Å². The Balaban J connectivity index is 2.07. The van der Waals surface area contributed by atoms with Gasteiger partial charge in [-0.1, -0.05) is 50.6 Å². The maximum absolute atomic E-state index is 2.47. The van der Waals surface area contributed by atoms with Crippen LogP contribution in [0, 0.1) is 11.3 Å². The van der Waals surface area contributed by atoms with E-state index in [0.29, 0.717) is 11.3 Å². The largest absolute Gasteiger partial charge is 0.0850 e. The third-order valence-electron chi connectivity index (χ3n) is 3.90. The van der Waals surface area contributed by atoms with Crippen molar-refractivity contribution in [2.75, 3.05) is 0 Å². The molecule has 0 aromatic carbocycles. The lowest BCUT2D eigenvalue weighted by atomic mass is 9.74. The van der Waals surface area contributed by atoms with Crippen molar-refractivity contribution in [1.82, 2.24) is 0 Å². The molecule has 2 rings (SSSR count). The molecule has 0 nitrogen and oxygen atoms in total. The van der Waals surface area contributed by atoms with E-state index in [4.69, 9.17) is 0 Å². The van der Waals surface area contributed by atoms with Crippen molar-refractivity contribution in [1.29, 1.82) is 0 Å². The fourth-order valence-electron chi connectivity index (χ4n) is 2.44. The molecule has 0 radical (unpaired) electrons. The van der Waals surface area contributed by atoms with E-state index in [1.165, 1.54) is 31.3 Å². The molecule has 0 amide bonds. The number of allylic oxidation sites excluding steroid dienone is 6. The quantitative estimate of drug-likeness (QED) is 0.572. The lowest BCUT2D eigenvalue weighted by molar-refractivity contribution is 0.360. The summed E-state index contributed by atoms with van der Waals surface area (Å²) in [5.74, 6) is 0.666. The first kappa shape index (κ1) is 10.7. The van der Waals surface area contributed by atoms with Crippen LogP contribution in [0.4, 0.5) is 0 Å². The second-order valence-corrected chi connectivity index (χ2v) is 5.62. The van der Waals surface area contributed by atoms with Crippen molar-refractivity contribution in [3.63, 3.8) is 0 Å². The van der Waals surface area contributed by atoms with Crippen LogP contribution in [0.5, 0.6) is 0 Å². The van der Waals surface area contributed by atoms with Gasteiger partial charge in [0.25, 0.3) is 0 Å². The van der Waals surface area contributed by atoms with E-state index in [2.05, 4.69) is 45.1 Å². The van der Waals surface area contributed by atoms with E-state index in [0.717, 1.165) is 0 Å². The molecule has 0 N–H and O–H groups in total. The van der Waals surface area contributed by atoms with Crippen molar-refractivity contribution in [3.8, 4) is 0 Å². The maximum Gasteiger partial charge on any atom is -0.00702 e. The van der Waals surface area contributed by atoms with E-state index in [1.807, 2.05) is 0 Å². The second-order valence-electron chi connectivity index (χ2n) is 5.62. The van der Waals surface area contributed by atoms with Crippen molar-refractivity contribution in [2.24, 2.45) is 11.3 Å². The van der Waals surface area contributed by atoms with Gasteiger partial charge in [-0.25, -0.2) is 0 Å². The number of hydrogen-bond acceptors (Lipinski definition) is 0. The average molecular weight is 202 g/mol. The summed E-state index contributed by atoms with van der Waals surface area (Å²) in [5.41, 5.74) is 3.51. The third-order valence-corrected chi connectivity index (χ3v) is 3.90. The summed E-state index contributed by atoms with van der Waals surface area (Å²) in [7, 11) is 0. The molecule has 15 heavy (non-hydrogen) atoms. The number of rotatable bonds is 2. The minimum Gasteiger partial charge on any atom is -0.0850 e. The molecule has 2 aliphatic carbocycles. The van der Waals surface area contributed by atoms with Crippen molar-refractivity contribution < 1.29 is 0 Å². The van der Waals surface area contributed by atoms with Gasteiger partial charge < -0.3 is 0 Å². The Morgan fingerprint density at radius 3 is 2.80 bits per heavy atom. The highest BCUT2D eigenvalue weighted by Crippen LogP contribution is 2.36. The van der Waals surface area contributed by atoms with Gasteiger partial charge in [0.2, 0.25) is 0 Å². The Kier molecular flexibility index (Phi) is 2.86. The van der Waals surface area contributed by atoms with Crippen LogP contribution >= 0.6 is 0 Å². The van der Waals surface area contributed by atoms with Gasteiger partial charge in [0.15, 0.2) is 0 Å². The van der Waals surface area contributed by atoms with Crippen LogP contribution in [0.15, 0.2) is 35.5 Å². The molecule has 0 heteroatoms. The lowest BCUT2D eigenvalue weighted by Crippen LogP contribution is -2.20. The highest BCUT2D eigenvalue weighted by molar-refractivity contribution is 5.32. The van der Waals surface area contributed by atoms with Crippen molar-refractivity contribution in [3.05, 3.63) is 35.5 Å². The SMILES string of the molecule is CC1C=CC(CC2=CCCC2)=CC1(C)C. The summed E-state index contributed by atoms with van der Waals surface area (Å²) < 4.78 is 0. The molecular weight excluding hydrogens is 180 g/mol. The summed E-state index contributed by atoms with van der Waals surface area (Å²) in [6, 6.07) is 0. The highest BCUT2D eigenvalue weighted by atomic mass is 14.3. The lowest BCUT2D eigenvalue weighted by Gasteiger charge is -2.30. The van der Waals surface area contributed by atoms with E-state index >= 15 is 0 Å². The summed E-state index contributed by atoms with van der Waals surface area (Å²) >= 11 is 0. The van der Waals surface area contributed by atoms with Gasteiger partial charge in [0, 0.05) is 0 Å². The Labute approximate surface area is 93.8 Å². The fourth-order valence-corrected chi connectivity index (χ4v) is 2.44. The smallest absolute Gasteiger partial charge is 0.00702 e. The predicted octanol–water partition coefficient (Wildman–Crippen LogP) is 4.65. The van der Waals surface area contributed by atoms with E-state index in [-0.39, 0.29) is 0 Å². The van der Waals surface area contributed by atoms with Gasteiger partial charge in [-0.05, 0) is 42.6 Å². The van der Waals surface area contributed by atoms with Gasteiger partial charge in [0.1, 0.15) is 0 Å². The molecule has 0 bridgehead atoms. The van der Waals surface area contributed by atoms with E-state index in [1.54, 1.807) is 5.57 Å². The molecule has 0 spiro atoms. The maximum atomic E-state index is 2.47. The van der Waals surface area contributed by atoms with E-state index in [9.17, 15) is 0 Å². The number of hydrogen-bond donors (Lipinski definition) is 0. The first-order valence-electron chi connectivity index (χ1n) is 6.16. The first-order chi connectivity index (χ1) is 7.08. The molecule has 2 aliphatic rings. The Morgan fingerprint density at radius 1 is 1.40 bits per heavy atom. The predicted molar refractivity (Wildman–Crippen MR) is 66.7 cm³/mol. The summed E-state index contributed by atoms with van der Waals surface area (Å²) in [5, 5.41) is 0. The average Bonchev–Trinajstić information content (AvgIpc) is 2.63. The minimum absolute atomic E-state index is 0.337. The van der Waals surface area contributed by atoms with Crippen molar-refractivity contribution >= 4 is 0 Å². The molecule has 82 valence electrons. The normalized spacial score (nSPS) is 28.9. The Hall–Kier alpha value is -0.780. The van der Waals surface area contributed by atoms with Crippen molar-refractivity contribution in [2.45, 2.75) is 46.5 Å². The fraction of sp³-hybridized carbons (Fsp3) is 0.600. The van der Waals surface area contributed by atoms with Crippen LogP contribution in [0.3, 0.4) is 0 Å². The van der Waals surface area contributed by atoms with Crippen LogP contribution in [0.2, 0.25) is 0 Å². The monoisotopic (exact) mass is 202 g/mol. The summed E-state index contributed by atoms with van der Waals surface area (Å²) in [6.07, 6.45) is 14.8.